The molecule has 1 saturated heterocycles. The quantitative estimate of drug-likeness (QED) is 0.867. The van der Waals surface area contributed by atoms with Crippen LogP contribution in [0.15, 0.2) is 0 Å². The van der Waals surface area contributed by atoms with Crippen LogP contribution in [0.25, 0.3) is 0 Å². The molecule has 4 atom stereocenters. The minimum atomic E-state index is -0.643. The van der Waals surface area contributed by atoms with Gasteiger partial charge in [0.05, 0.1) is 11.2 Å². The highest BCUT2D eigenvalue weighted by Gasteiger charge is 2.46. The van der Waals surface area contributed by atoms with Crippen LogP contribution in [0.4, 0.5) is 0 Å². The van der Waals surface area contributed by atoms with Gasteiger partial charge in [-0.2, -0.15) is 0 Å². The average Bonchev–Trinajstić information content (AvgIpc) is 2.56. The van der Waals surface area contributed by atoms with Gasteiger partial charge < -0.3 is 10.1 Å². The zero-order valence-electron chi connectivity index (χ0n) is 13.7. The second-order valence-corrected chi connectivity index (χ2v) is 9.55. The predicted octanol–water partition coefficient (Wildman–Crippen LogP) is 3.00. The molecule has 118 valence electrons. The third-order valence-electron chi connectivity index (χ3n) is 4.79. The third-order valence-corrected chi connectivity index (χ3v) is 6.53. The van der Waals surface area contributed by atoms with E-state index >= 15 is 0 Å². The van der Waals surface area contributed by atoms with Gasteiger partial charge in [0.25, 0.3) is 0 Å². The van der Waals surface area contributed by atoms with Crippen LogP contribution in [0, 0.1) is 0 Å². The molecule has 0 radical (unpaired) electrons. The highest BCUT2D eigenvalue weighted by atomic mass is 32.2. The van der Waals surface area contributed by atoms with Crippen LogP contribution in [-0.2, 0) is 15.5 Å². The lowest BCUT2D eigenvalue weighted by molar-refractivity contribution is -0.0706. The average molecular weight is 301 g/mol. The standard InChI is InChI=1S/C16H31NO2S/c1-6-20(18)13-9-7-8-12(10-13)17-14-11-15(2,3)19-16(14,4)5/h12-14,17H,6-11H2,1-5H3/t12-,13-,14-,20+/m1/s1. The molecule has 20 heavy (non-hydrogen) atoms. The Bertz CT molecular complexity index is 367. The normalized spacial score (nSPS) is 37.8. The van der Waals surface area contributed by atoms with E-state index in [2.05, 4.69) is 33.0 Å². The van der Waals surface area contributed by atoms with Gasteiger partial charge in [0.1, 0.15) is 0 Å². The molecule has 2 rings (SSSR count). The van der Waals surface area contributed by atoms with Gasteiger partial charge in [-0.15, -0.1) is 0 Å². The summed E-state index contributed by atoms with van der Waals surface area (Å²) < 4.78 is 18.2. The summed E-state index contributed by atoms with van der Waals surface area (Å²) in [6, 6.07) is 0.905. The highest BCUT2D eigenvalue weighted by molar-refractivity contribution is 7.85. The van der Waals surface area contributed by atoms with E-state index in [1.165, 1.54) is 12.8 Å². The second-order valence-electron chi connectivity index (χ2n) is 7.54. The van der Waals surface area contributed by atoms with Crippen molar-refractivity contribution in [2.75, 3.05) is 5.75 Å². The van der Waals surface area contributed by atoms with Crippen molar-refractivity contribution < 1.29 is 8.95 Å². The maximum atomic E-state index is 12.0. The first kappa shape index (κ1) is 16.4. The molecule has 1 aliphatic heterocycles. The molecule has 3 nitrogen and oxygen atoms in total. The van der Waals surface area contributed by atoms with Crippen molar-refractivity contribution in [3.05, 3.63) is 0 Å². The maximum Gasteiger partial charge on any atom is 0.0787 e. The smallest absolute Gasteiger partial charge is 0.0787 e. The molecule has 2 aliphatic rings. The molecule has 1 N–H and O–H groups in total. The van der Waals surface area contributed by atoms with Crippen molar-refractivity contribution in [2.24, 2.45) is 0 Å². The van der Waals surface area contributed by atoms with Gasteiger partial charge in [0.15, 0.2) is 0 Å². The topological polar surface area (TPSA) is 38.3 Å². The summed E-state index contributed by atoms with van der Waals surface area (Å²) in [7, 11) is -0.643. The molecule has 0 aromatic rings. The van der Waals surface area contributed by atoms with Crippen LogP contribution in [-0.4, -0.2) is 38.5 Å². The Labute approximate surface area is 126 Å². The highest BCUT2D eigenvalue weighted by Crippen LogP contribution is 2.38. The summed E-state index contributed by atoms with van der Waals surface area (Å²) in [5.41, 5.74) is -0.151. The summed E-state index contributed by atoms with van der Waals surface area (Å²) in [6.45, 7) is 10.7. The third kappa shape index (κ3) is 3.83. The van der Waals surface area contributed by atoms with Gasteiger partial charge >= 0.3 is 0 Å². The van der Waals surface area contributed by atoms with E-state index in [1.807, 2.05) is 6.92 Å². The first-order valence-corrected chi connectivity index (χ1v) is 9.45. The van der Waals surface area contributed by atoms with E-state index in [4.69, 9.17) is 4.74 Å². The summed E-state index contributed by atoms with van der Waals surface area (Å²) in [6.07, 6.45) is 5.66. The summed E-state index contributed by atoms with van der Waals surface area (Å²) >= 11 is 0. The second kappa shape index (κ2) is 6.05. The van der Waals surface area contributed by atoms with Crippen molar-refractivity contribution in [2.45, 2.75) is 95.3 Å². The lowest BCUT2D eigenvalue weighted by atomic mass is 9.90. The number of rotatable bonds is 4. The van der Waals surface area contributed by atoms with Gasteiger partial charge in [-0.05, 0) is 53.4 Å². The number of hydrogen-bond donors (Lipinski definition) is 1. The first-order valence-electron chi connectivity index (χ1n) is 8.07. The molecule has 1 heterocycles. The van der Waals surface area contributed by atoms with Gasteiger partial charge in [-0.25, -0.2) is 0 Å². The fourth-order valence-electron chi connectivity index (χ4n) is 3.88. The van der Waals surface area contributed by atoms with Gasteiger partial charge in [-0.1, -0.05) is 13.3 Å². The fraction of sp³-hybridized carbons (Fsp3) is 1.00. The molecule has 0 unspecified atom stereocenters. The van der Waals surface area contributed by atoms with Gasteiger partial charge in [0.2, 0.25) is 0 Å². The lowest BCUT2D eigenvalue weighted by Crippen LogP contribution is -2.50. The van der Waals surface area contributed by atoms with E-state index in [0.29, 0.717) is 17.3 Å². The molecule has 0 bridgehead atoms. The predicted molar refractivity (Wildman–Crippen MR) is 85.5 cm³/mol. The van der Waals surface area contributed by atoms with Crippen molar-refractivity contribution >= 4 is 10.8 Å². The molecule has 4 heteroatoms. The van der Waals surface area contributed by atoms with Gasteiger partial charge in [-0.3, -0.25) is 4.21 Å². The minimum absolute atomic E-state index is 0.0402. The molecule has 1 aliphatic carbocycles. The van der Waals surface area contributed by atoms with E-state index in [-0.39, 0.29) is 11.2 Å². The van der Waals surface area contributed by atoms with Gasteiger partial charge in [0, 0.05) is 33.9 Å². The van der Waals surface area contributed by atoms with Crippen LogP contribution in [0.2, 0.25) is 0 Å². The van der Waals surface area contributed by atoms with Crippen LogP contribution in [0.1, 0.15) is 66.7 Å². The Morgan fingerprint density at radius 2 is 1.95 bits per heavy atom. The van der Waals surface area contributed by atoms with E-state index in [0.717, 1.165) is 25.0 Å². The van der Waals surface area contributed by atoms with Crippen LogP contribution < -0.4 is 5.32 Å². The Morgan fingerprint density at radius 1 is 1.25 bits per heavy atom. The largest absolute Gasteiger partial charge is 0.368 e. The Hall–Kier alpha value is 0.0700. The molecule has 0 aromatic carbocycles. The zero-order chi connectivity index (χ0) is 15.0. The molecular formula is C16H31NO2S. The number of hydrogen-bond acceptors (Lipinski definition) is 3. The van der Waals surface area contributed by atoms with Crippen LogP contribution in [0.3, 0.4) is 0 Å². The van der Waals surface area contributed by atoms with E-state index in [1.54, 1.807) is 0 Å². The molecule has 0 aromatic heterocycles. The molecule has 0 spiro atoms. The Morgan fingerprint density at radius 3 is 2.50 bits per heavy atom. The molecule has 1 saturated carbocycles. The lowest BCUT2D eigenvalue weighted by Gasteiger charge is -2.35. The SMILES string of the molecule is CC[S@](=O)[C@@H]1CCC[C@@H](N[C@@H]2CC(C)(C)OC2(C)C)C1. The summed E-state index contributed by atoms with van der Waals surface area (Å²) in [5.74, 6) is 0.794. The summed E-state index contributed by atoms with van der Waals surface area (Å²) in [4.78, 5) is 0. The minimum Gasteiger partial charge on any atom is -0.368 e. The monoisotopic (exact) mass is 301 g/mol. The maximum absolute atomic E-state index is 12.0. The van der Waals surface area contributed by atoms with Crippen molar-refractivity contribution in [1.29, 1.82) is 0 Å². The van der Waals surface area contributed by atoms with Crippen molar-refractivity contribution in [3.8, 4) is 0 Å². The molecule has 0 amide bonds. The molecular weight excluding hydrogens is 270 g/mol. The number of nitrogens with one attached hydrogen (secondary N) is 1. The van der Waals surface area contributed by atoms with Crippen LogP contribution >= 0.6 is 0 Å². The van der Waals surface area contributed by atoms with E-state index in [9.17, 15) is 4.21 Å². The zero-order valence-corrected chi connectivity index (χ0v) is 14.5. The summed E-state index contributed by atoms with van der Waals surface area (Å²) in [5, 5.41) is 4.21. The number of ether oxygens (including phenoxy) is 1. The van der Waals surface area contributed by atoms with E-state index < -0.39 is 10.8 Å². The van der Waals surface area contributed by atoms with Crippen molar-refractivity contribution in [3.63, 3.8) is 0 Å². The first-order chi connectivity index (χ1) is 9.23. The van der Waals surface area contributed by atoms with Crippen LogP contribution in [0.5, 0.6) is 0 Å². The Balaban J connectivity index is 1.94. The Kier molecular flexibility index (Phi) is 4.98. The fourth-order valence-corrected chi connectivity index (χ4v) is 5.23. The van der Waals surface area contributed by atoms with Crippen molar-refractivity contribution in [1.82, 2.24) is 5.32 Å². The molecule has 2 fully saturated rings.